The first-order valence-corrected chi connectivity index (χ1v) is 9.61. The molecule has 1 aliphatic rings. The average Bonchev–Trinajstić information content (AvgIpc) is 2.27. The summed E-state index contributed by atoms with van der Waals surface area (Å²) in [6.45, 7) is 13.4. The molecule has 1 rings (SSSR count). The quantitative estimate of drug-likeness (QED) is 0.577. The zero-order valence-corrected chi connectivity index (χ0v) is 13.8. The molecule has 3 nitrogen and oxygen atoms in total. The molecule has 3 unspecified atom stereocenters. The summed E-state index contributed by atoms with van der Waals surface area (Å²) in [5.74, 6) is 0. The average molecular weight is 272 g/mol. The Labute approximate surface area is 113 Å². The van der Waals surface area contributed by atoms with Crippen LogP contribution in [-0.4, -0.2) is 33.9 Å². The molecule has 3 atom stereocenters. The summed E-state index contributed by atoms with van der Waals surface area (Å²) in [6, 6.07) is 0. The molecule has 0 aromatic heterocycles. The van der Waals surface area contributed by atoms with Gasteiger partial charge in [0, 0.05) is 7.11 Å². The third-order valence-electron chi connectivity index (χ3n) is 4.01. The minimum Gasteiger partial charge on any atom is -0.412 e. The van der Waals surface area contributed by atoms with Crippen LogP contribution in [0.2, 0.25) is 18.1 Å². The van der Waals surface area contributed by atoms with Gasteiger partial charge in [0.15, 0.2) is 14.6 Å². The van der Waals surface area contributed by atoms with Crippen molar-refractivity contribution in [3.05, 3.63) is 12.2 Å². The van der Waals surface area contributed by atoms with Crippen LogP contribution >= 0.6 is 0 Å². The third-order valence-corrected chi connectivity index (χ3v) is 8.59. The Bertz CT molecular complexity index is 294. The van der Waals surface area contributed by atoms with Crippen molar-refractivity contribution < 1.29 is 13.9 Å². The number of hydrogen-bond donors (Lipinski definition) is 0. The summed E-state index contributed by atoms with van der Waals surface area (Å²) in [4.78, 5) is 0. The maximum atomic E-state index is 6.36. The lowest BCUT2D eigenvalue weighted by Crippen LogP contribution is -2.47. The van der Waals surface area contributed by atoms with E-state index < -0.39 is 8.32 Å². The van der Waals surface area contributed by atoms with Crippen molar-refractivity contribution in [3.63, 3.8) is 0 Å². The molecule has 1 aliphatic heterocycles. The molecular formula is C14H28O3Si. The summed E-state index contributed by atoms with van der Waals surface area (Å²) in [6.07, 6.45) is 4.94. The zero-order valence-electron chi connectivity index (χ0n) is 12.8. The minimum atomic E-state index is -1.73. The van der Waals surface area contributed by atoms with E-state index in [0.717, 1.165) is 6.42 Å². The van der Waals surface area contributed by atoms with Crippen molar-refractivity contribution >= 4 is 8.32 Å². The Balaban J connectivity index is 2.61. The highest BCUT2D eigenvalue weighted by Gasteiger charge is 2.40. The molecule has 4 heteroatoms. The van der Waals surface area contributed by atoms with Crippen molar-refractivity contribution in [2.75, 3.05) is 7.11 Å². The predicted molar refractivity (Wildman–Crippen MR) is 77.2 cm³/mol. The molecule has 0 aromatic rings. The van der Waals surface area contributed by atoms with E-state index >= 15 is 0 Å². The summed E-state index contributed by atoms with van der Waals surface area (Å²) in [5, 5.41) is 0.229. The van der Waals surface area contributed by atoms with E-state index in [2.05, 4.69) is 46.9 Å². The second kappa shape index (κ2) is 5.86. The molecule has 0 N–H and O–H groups in total. The van der Waals surface area contributed by atoms with Crippen molar-refractivity contribution in [1.29, 1.82) is 0 Å². The largest absolute Gasteiger partial charge is 0.412 e. The summed E-state index contributed by atoms with van der Waals surface area (Å²) < 4.78 is 17.4. The molecule has 0 fully saturated rings. The normalized spacial score (nSPS) is 27.3. The van der Waals surface area contributed by atoms with E-state index in [4.69, 9.17) is 13.9 Å². The van der Waals surface area contributed by atoms with Gasteiger partial charge in [-0.05, 0) is 37.6 Å². The van der Waals surface area contributed by atoms with E-state index in [1.54, 1.807) is 7.11 Å². The Morgan fingerprint density at radius 2 is 1.94 bits per heavy atom. The Morgan fingerprint density at radius 1 is 1.33 bits per heavy atom. The van der Waals surface area contributed by atoms with Crippen LogP contribution in [-0.2, 0) is 13.9 Å². The number of methoxy groups -OCH3 is 1. The fraction of sp³-hybridized carbons (Fsp3) is 0.857. The first kappa shape index (κ1) is 15.9. The summed E-state index contributed by atoms with van der Waals surface area (Å²) >= 11 is 0. The van der Waals surface area contributed by atoms with Crippen molar-refractivity contribution in [3.8, 4) is 0 Å². The standard InChI is InChI=1S/C14H28O3Si/c1-11(17-18(6,7)14(2,3)4)12-9-8-10-13(15-5)16-12/h8,10-13H,9H2,1-7H3. The lowest BCUT2D eigenvalue weighted by atomic mass is 10.1. The highest BCUT2D eigenvalue weighted by atomic mass is 28.4. The Hall–Kier alpha value is -0.163. The van der Waals surface area contributed by atoms with Gasteiger partial charge in [0.2, 0.25) is 0 Å². The van der Waals surface area contributed by atoms with Gasteiger partial charge in [0.05, 0.1) is 12.2 Å². The SMILES string of the molecule is COC1C=CCC(C(C)O[Si](C)(C)C(C)(C)C)O1. The second-order valence-electron chi connectivity index (χ2n) is 6.53. The van der Waals surface area contributed by atoms with E-state index in [9.17, 15) is 0 Å². The summed E-state index contributed by atoms with van der Waals surface area (Å²) in [7, 11) is -0.0656. The van der Waals surface area contributed by atoms with Crippen LogP contribution in [0.4, 0.5) is 0 Å². The van der Waals surface area contributed by atoms with Crippen LogP contribution in [0.25, 0.3) is 0 Å². The lowest BCUT2D eigenvalue weighted by Gasteiger charge is -2.41. The molecule has 0 radical (unpaired) electrons. The predicted octanol–water partition coefficient (Wildman–Crippen LogP) is 3.71. The van der Waals surface area contributed by atoms with Gasteiger partial charge in [-0.2, -0.15) is 0 Å². The maximum absolute atomic E-state index is 6.36. The van der Waals surface area contributed by atoms with Crippen LogP contribution < -0.4 is 0 Å². The minimum absolute atomic E-state index is 0.0917. The van der Waals surface area contributed by atoms with Crippen LogP contribution in [0.5, 0.6) is 0 Å². The Kier molecular flexibility index (Phi) is 5.18. The molecule has 0 aliphatic carbocycles. The lowest BCUT2D eigenvalue weighted by molar-refractivity contribution is -0.155. The zero-order chi connectivity index (χ0) is 14.0. The maximum Gasteiger partial charge on any atom is 0.192 e. The first-order chi connectivity index (χ1) is 8.17. The van der Waals surface area contributed by atoms with Crippen LogP contribution in [0.3, 0.4) is 0 Å². The molecule has 106 valence electrons. The molecule has 0 saturated heterocycles. The smallest absolute Gasteiger partial charge is 0.192 e. The van der Waals surface area contributed by atoms with Crippen molar-refractivity contribution in [1.82, 2.24) is 0 Å². The van der Waals surface area contributed by atoms with Gasteiger partial charge in [-0.15, -0.1) is 0 Å². The van der Waals surface area contributed by atoms with Crippen molar-refractivity contribution in [2.24, 2.45) is 0 Å². The van der Waals surface area contributed by atoms with Gasteiger partial charge in [0.1, 0.15) is 0 Å². The van der Waals surface area contributed by atoms with E-state index in [1.165, 1.54) is 0 Å². The second-order valence-corrected chi connectivity index (χ2v) is 11.3. The molecule has 0 aromatic carbocycles. The van der Waals surface area contributed by atoms with Gasteiger partial charge in [0.25, 0.3) is 0 Å². The van der Waals surface area contributed by atoms with Crippen LogP contribution in [0, 0.1) is 0 Å². The highest BCUT2D eigenvalue weighted by molar-refractivity contribution is 6.74. The summed E-state index contributed by atoms with van der Waals surface area (Å²) in [5.41, 5.74) is 0. The fourth-order valence-electron chi connectivity index (χ4n) is 1.75. The highest BCUT2D eigenvalue weighted by Crippen LogP contribution is 2.38. The van der Waals surface area contributed by atoms with Gasteiger partial charge in [-0.1, -0.05) is 26.8 Å². The molecule has 0 bridgehead atoms. The fourth-order valence-corrected chi connectivity index (χ4v) is 3.19. The molecule has 1 heterocycles. The molecule has 0 spiro atoms. The van der Waals surface area contributed by atoms with E-state index in [1.807, 2.05) is 6.08 Å². The van der Waals surface area contributed by atoms with Crippen molar-refractivity contribution in [2.45, 2.75) is 70.7 Å². The topological polar surface area (TPSA) is 27.7 Å². The number of rotatable bonds is 4. The van der Waals surface area contributed by atoms with Gasteiger partial charge in [-0.25, -0.2) is 0 Å². The van der Waals surface area contributed by atoms with E-state index in [0.29, 0.717) is 0 Å². The number of ether oxygens (including phenoxy) is 2. The molecular weight excluding hydrogens is 244 g/mol. The number of hydrogen-bond acceptors (Lipinski definition) is 3. The molecule has 18 heavy (non-hydrogen) atoms. The third kappa shape index (κ3) is 3.92. The molecule has 0 amide bonds. The first-order valence-electron chi connectivity index (χ1n) is 6.70. The van der Waals surface area contributed by atoms with Gasteiger partial charge < -0.3 is 13.9 Å². The monoisotopic (exact) mass is 272 g/mol. The van der Waals surface area contributed by atoms with Gasteiger partial charge in [-0.3, -0.25) is 0 Å². The Morgan fingerprint density at radius 3 is 2.44 bits per heavy atom. The van der Waals surface area contributed by atoms with Crippen LogP contribution in [0.1, 0.15) is 34.1 Å². The van der Waals surface area contributed by atoms with Crippen LogP contribution in [0.15, 0.2) is 12.2 Å². The van der Waals surface area contributed by atoms with E-state index in [-0.39, 0.29) is 23.5 Å². The van der Waals surface area contributed by atoms with Gasteiger partial charge >= 0.3 is 0 Å². The molecule has 0 saturated carbocycles.